The molecule has 2 aromatic heterocycles. The van der Waals surface area contributed by atoms with E-state index >= 15 is 0 Å². The largest absolute Gasteiger partial charge is 0.348 e. The molecule has 0 saturated carbocycles. The molecule has 1 N–H and O–H groups in total. The Labute approximate surface area is 123 Å². The molecule has 6 heteroatoms. The summed E-state index contributed by atoms with van der Waals surface area (Å²) in [6, 6.07) is 2.05. The van der Waals surface area contributed by atoms with Crippen molar-refractivity contribution < 1.29 is 9.32 Å². The van der Waals surface area contributed by atoms with Gasteiger partial charge >= 0.3 is 0 Å². The number of pyridine rings is 1. The maximum absolute atomic E-state index is 12.3. The number of aromatic nitrogens is 2. The molecule has 112 valence electrons. The zero-order valence-corrected chi connectivity index (χ0v) is 12.4. The number of rotatable bonds is 4. The molecule has 2 aromatic rings. The van der Waals surface area contributed by atoms with E-state index in [2.05, 4.69) is 34.3 Å². The summed E-state index contributed by atoms with van der Waals surface area (Å²) in [6.45, 7) is 4.01. The zero-order chi connectivity index (χ0) is 14.8. The summed E-state index contributed by atoms with van der Waals surface area (Å²) in [5.74, 6) is -0.0756. The van der Waals surface area contributed by atoms with Gasteiger partial charge in [0.1, 0.15) is 0 Å². The molecule has 1 saturated heterocycles. The smallest absolute Gasteiger partial charge is 0.257 e. The van der Waals surface area contributed by atoms with Crippen LogP contribution in [0.25, 0.3) is 11.1 Å². The molecule has 3 rings (SSSR count). The fourth-order valence-corrected chi connectivity index (χ4v) is 2.74. The molecule has 0 unspecified atom stereocenters. The molecule has 0 aliphatic carbocycles. The number of likely N-dealkylation sites (tertiary alicyclic amines) is 1. The third-order valence-electron chi connectivity index (χ3n) is 3.88. The van der Waals surface area contributed by atoms with Gasteiger partial charge in [-0.25, -0.2) is 4.98 Å². The van der Waals surface area contributed by atoms with Gasteiger partial charge in [-0.3, -0.25) is 4.79 Å². The van der Waals surface area contributed by atoms with Crippen LogP contribution in [0.4, 0.5) is 0 Å². The van der Waals surface area contributed by atoms with E-state index in [1.807, 2.05) is 6.07 Å². The van der Waals surface area contributed by atoms with Crippen LogP contribution in [0, 0.1) is 0 Å². The number of nitrogens with zero attached hydrogens (tertiary/aromatic N) is 3. The standard InChI is InChI=1S/C15H20N4O2/c1-3-4-13-12-7-10(8-16-15(12)21-18-13)14(20)17-11-5-6-19(2)9-11/h7-8,11H,3-6,9H2,1-2H3,(H,17,20)/t11-/m0/s1. The molecule has 0 bridgehead atoms. The highest BCUT2D eigenvalue weighted by molar-refractivity contribution is 5.97. The zero-order valence-electron chi connectivity index (χ0n) is 12.4. The SMILES string of the molecule is CCCc1noc2ncc(C(=O)N[C@H]3CCN(C)C3)cc12. The first-order valence-electron chi connectivity index (χ1n) is 7.41. The van der Waals surface area contributed by atoms with Gasteiger partial charge in [0.2, 0.25) is 0 Å². The van der Waals surface area contributed by atoms with E-state index < -0.39 is 0 Å². The number of likely N-dealkylation sites (N-methyl/N-ethyl adjacent to an activating group) is 1. The van der Waals surface area contributed by atoms with Crippen molar-refractivity contribution in [1.82, 2.24) is 20.4 Å². The van der Waals surface area contributed by atoms with E-state index in [0.717, 1.165) is 43.4 Å². The Morgan fingerprint density at radius 3 is 3.14 bits per heavy atom. The van der Waals surface area contributed by atoms with E-state index in [0.29, 0.717) is 11.3 Å². The first kappa shape index (κ1) is 14.0. The van der Waals surface area contributed by atoms with E-state index in [4.69, 9.17) is 4.52 Å². The second-order valence-corrected chi connectivity index (χ2v) is 5.68. The molecule has 0 aromatic carbocycles. The first-order valence-corrected chi connectivity index (χ1v) is 7.41. The second-order valence-electron chi connectivity index (χ2n) is 5.68. The van der Waals surface area contributed by atoms with Crippen LogP contribution in [-0.2, 0) is 6.42 Å². The Bertz CT molecular complexity index is 652. The highest BCUT2D eigenvalue weighted by Crippen LogP contribution is 2.19. The Morgan fingerprint density at radius 2 is 2.43 bits per heavy atom. The molecule has 1 atom stereocenters. The second kappa shape index (κ2) is 5.81. The van der Waals surface area contributed by atoms with Gasteiger partial charge in [0.25, 0.3) is 11.6 Å². The summed E-state index contributed by atoms with van der Waals surface area (Å²) in [5, 5.41) is 7.93. The van der Waals surface area contributed by atoms with Crippen molar-refractivity contribution in [2.75, 3.05) is 20.1 Å². The van der Waals surface area contributed by atoms with Gasteiger partial charge in [-0.1, -0.05) is 18.5 Å². The number of amides is 1. The van der Waals surface area contributed by atoms with Crippen molar-refractivity contribution in [3.63, 3.8) is 0 Å². The van der Waals surface area contributed by atoms with Gasteiger partial charge in [-0.15, -0.1) is 0 Å². The Hall–Kier alpha value is -1.95. The molecule has 0 spiro atoms. The number of aryl methyl sites for hydroxylation is 1. The maximum Gasteiger partial charge on any atom is 0.257 e. The summed E-state index contributed by atoms with van der Waals surface area (Å²) in [4.78, 5) is 18.7. The van der Waals surface area contributed by atoms with Crippen molar-refractivity contribution >= 4 is 17.0 Å². The van der Waals surface area contributed by atoms with Crippen LogP contribution in [0.1, 0.15) is 35.8 Å². The minimum Gasteiger partial charge on any atom is -0.348 e. The minimum atomic E-state index is -0.0756. The third kappa shape index (κ3) is 2.90. The number of hydrogen-bond acceptors (Lipinski definition) is 5. The van der Waals surface area contributed by atoms with Gasteiger partial charge in [0, 0.05) is 18.8 Å². The van der Waals surface area contributed by atoms with Crippen LogP contribution >= 0.6 is 0 Å². The van der Waals surface area contributed by atoms with E-state index in [-0.39, 0.29) is 11.9 Å². The topological polar surface area (TPSA) is 71.3 Å². The van der Waals surface area contributed by atoms with Crippen molar-refractivity contribution in [2.24, 2.45) is 0 Å². The lowest BCUT2D eigenvalue weighted by atomic mass is 10.1. The molecule has 1 amide bonds. The monoisotopic (exact) mass is 288 g/mol. The van der Waals surface area contributed by atoms with Crippen molar-refractivity contribution in [3.05, 3.63) is 23.5 Å². The van der Waals surface area contributed by atoms with Gasteiger partial charge in [0.05, 0.1) is 16.6 Å². The van der Waals surface area contributed by atoms with Crippen LogP contribution in [0.2, 0.25) is 0 Å². The Morgan fingerprint density at radius 1 is 1.57 bits per heavy atom. The molecule has 21 heavy (non-hydrogen) atoms. The van der Waals surface area contributed by atoms with E-state index in [9.17, 15) is 4.79 Å². The summed E-state index contributed by atoms with van der Waals surface area (Å²) in [7, 11) is 2.06. The summed E-state index contributed by atoms with van der Waals surface area (Å²) >= 11 is 0. The van der Waals surface area contributed by atoms with Gasteiger partial charge < -0.3 is 14.7 Å². The van der Waals surface area contributed by atoms with Crippen LogP contribution in [0.15, 0.2) is 16.8 Å². The minimum absolute atomic E-state index is 0.0756. The van der Waals surface area contributed by atoms with Crippen molar-refractivity contribution in [3.8, 4) is 0 Å². The van der Waals surface area contributed by atoms with E-state index in [1.165, 1.54) is 0 Å². The fraction of sp³-hybridized carbons (Fsp3) is 0.533. The Kier molecular flexibility index (Phi) is 3.88. The maximum atomic E-state index is 12.3. The molecule has 1 fully saturated rings. The number of hydrogen-bond donors (Lipinski definition) is 1. The number of carbonyl (C=O) groups is 1. The highest BCUT2D eigenvalue weighted by atomic mass is 16.5. The molecule has 0 radical (unpaired) electrons. The quantitative estimate of drug-likeness (QED) is 0.925. The normalized spacial score (nSPS) is 19.2. The lowest BCUT2D eigenvalue weighted by Crippen LogP contribution is -2.36. The summed E-state index contributed by atoms with van der Waals surface area (Å²) in [6.07, 6.45) is 4.35. The molecular formula is C15H20N4O2. The van der Waals surface area contributed by atoms with Gasteiger partial charge in [-0.2, -0.15) is 0 Å². The fourth-order valence-electron chi connectivity index (χ4n) is 2.74. The van der Waals surface area contributed by atoms with Crippen molar-refractivity contribution in [1.29, 1.82) is 0 Å². The lowest BCUT2D eigenvalue weighted by molar-refractivity contribution is 0.0938. The first-order chi connectivity index (χ1) is 10.2. The number of nitrogens with one attached hydrogen (secondary N) is 1. The van der Waals surface area contributed by atoms with Crippen molar-refractivity contribution in [2.45, 2.75) is 32.2 Å². The Balaban J connectivity index is 1.79. The molecule has 1 aliphatic heterocycles. The predicted molar refractivity (Wildman–Crippen MR) is 79.2 cm³/mol. The third-order valence-corrected chi connectivity index (χ3v) is 3.88. The van der Waals surface area contributed by atoms with Crippen LogP contribution in [-0.4, -0.2) is 47.1 Å². The average molecular weight is 288 g/mol. The van der Waals surface area contributed by atoms with Crippen LogP contribution in [0.3, 0.4) is 0 Å². The van der Waals surface area contributed by atoms with Gasteiger partial charge in [-0.05, 0) is 32.5 Å². The molecule has 6 nitrogen and oxygen atoms in total. The summed E-state index contributed by atoms with van der Waals surface area (Å²) < 4.78 is 5.18. The predicted octanol–water partition coefficient (Wildman–Crippen LogP) is 1.61. The lowest BCUT2D eigenvalue weighted by Gasteiger charge is -2.12. The molecule has 3 heterocycles. The molecule has 1 aliphatic rings. The van der Waals surface area contributed by atoms with Crippen LogP contribution < -0.4 is 5.32 Å². The average Bonchev–Trinajstić information content (AvgIpc) is 3.06. The highest BCUT2D eigenvalue weighted by Gasteiger charge is 2.22. The van der Waals surface area contributed by atoms with Crippen LogP contribution in [0.5, 0.6) is 0 Å². The number of fused-ring (bicyclic) bond motifs is 1. The van der Waals surface area contributed by atoms with Gasteiger partial charge in [0.15, 0.2) is 0 Å². The molecular weight excluding hydrogens is 268 g/mol. The summed E-state index contributed by atoms with van der Waals surface area (Å²) in [5.41, 5.74) is 1.93. The van der Waals surface area contributed by atoms with E-state index in [1.54, 1.807) is 6.20 Å². The number of carbonyl (C=O) groups excluding carboxylic acids is 1.